The molecule has 0 saturated heterocycles. The molecule has 0 radical (unpaired) electrons. The number of cyclic esters (lactones) is 2. The zero-order valence-corrected chi connectivity index (χ0v) is 8.18. The van der Waals surface area contributed by atoms with Crippen LogP contribution in [0.3, 0.4) is 0 Å². The van der Waals surface area contributed by atoms with E-state index in [9.17, 15) is 9.59 Å². The van der Waals surface area contributed by atoms with Gasteiger partial charge in [0.15, 0.2) is 0 Å². The monoisotopic (exact) mass is 212 g/mol. The molecule has 1 rings (SSSR count). The van der Waals surface area contributed by atoms with E-state index in [1.54, 1.807) is 12.2 Å². The van der Waals surface area contributed by atoms with Crippen LogP contribution in [0.2, 0.25) is 0 Å². The van der Waals surface area contributed by atoms with Gasteiger partial charge in [0.25, 0.3) is 0 Å². The average Bonchev–Trinajstić information content (AvgIpc) is 2.24. The van der Waals surface area contributed by atoms with Gasteiger partial charge in [-0.3, -0.25) is 9.59 Å². The minimum Gasteiger partial charge on any atom is -0.473 e. The molecule has 0 aromatic rings. The standard InChI is InChI=1S/C10H12O5/c11-9-3-4-10(12)15-8-2-6-13-5-1-7-14-9/h1-2,5-6H,3-4,7-8H2. The van der Waals surface area contributed by atoms with Crippen molar-refractivity contribution in [2.45, 2.75) is 12.8 Å². The lowest BCUT2D eigenvalue weighted by Crippen LogP contribution is -2.10. The Balaban J connectivity index is 2.44. The molecule has 1 aliphatic rings. The predicted molar refractivity (Wildman–Crippen MR) is 50.5 cm³/mol. The molecular formula is C10H12O5. The maximum atomic E-state index is 11.0. The number of rotatable bonds is 0. The van der Waals surface area contributed by atoms with Crippen LogP contribution in [0.1, 0.15) is 12.8 Å². The first-order chi connectivity index (χ1) is 7.29. The smallest absolute Gasteiger partial charge is 0.306 e. The van der Waals surface area contributed by atoms with Crippen LogP contribution >= 0.6 is 0 Å². The molecule has 0 bridgehead atoms. The zero-order chi connectivity index (χ0) is 10.9. The fourth-order valence-corrected chi connectivity index (χ4v) is 0.866. The molecule has 82 valence electrons. The Bertz CT molecular complexity index is 252. The van der Waals surface area contributed by atoms with E-state index < -0.39 is 11.9 Å². The van der Waals surface area contributed by atoms with Crippen molar-refractivity contribution in [3.63, 3.8) is 0 Å². The minimum absolute atomic E-state index is 0.0389. The van der Waals surface area contributed by atoms with E-state index in [-0.39, 0.29) is 26.1 Å². The van der Waals surface area contributed by atoms with Crippen LogP contribution in [0, 0.1) is 0 Å². The fraction of sp³-hybridized carbons (Fsp3) is 0.400. The molecule has 0 fully saturated rings. The molecule has 1 heterocycles. The number of carbonyl (C=O) groups excluding carboxylic acids is 2. The highest BCUT2D eigenvalue weighted by atomic mass is 16.5. The number of carbonyl (C=O) groups is 2. The number of hydrogen-bond acceptors (Lipinski definition) is 5. The lowest BCUT2D eigenvalue weighted by molar-refractivity contribution is -0.149. The fourth-order valence-electron chi connectivity index (χ4n) is 0.866. The third-order valence-electron chi connectivity index (χ3n) is 1.56. The van der Waals surface area contributed by atoms with Crippen molar-refractivity contribution >= 4 is 11.9 Å². The quantitative estimate of drug-likeness (QED) is 0.558. The van der Waals surface area contributed by atoms with Crippen LogP contribution < -0.4 is 0 Å². The van der Waals surface area contributed by atoms with Gasteiger partial charge in [-0.2, -0.15) is 0 Å². The molecule has 0 amide bonds. The van der Waals surface area contributed by atoms with Crippen LogP contribution in [0.25, 0.3) is 0 Å². The van der Waals surface area contributed by atoms with Gasteiger partial charge in [-0.25, -0.2) is 0 Å². The Hall–Kier alpha value is -1.78. The highest BCUT2D eigenvalue weighted by Gasteiger charge is 2.08. The second-order valence-electron chi connectivity index (χ2n) is 2.75. The highest BCUT2D eigenvalue weighted by molar-refractivity contribution is 5.77. The van der Waals surface area contributed by atoms with Crippen LogP contribution in [0.4, 0.5) is 0 Å². The number of esters is 2. The van der Waals surface area contributed by atoms with Crippen molar-refractivity contribution in [1.82, 2.24) is 0 Å². The molecule has 0 unspecified atom stereocenters. The zero-order valence-electron chi connectivity index (χ0n) is 8.18. The maximum Gasteiger partial charge on any atom is 0.306 e. The van der Waals surface area contributed by atoms with Gasteiger partial charge in [-0.05, 0) is 12.2 Å². The first kappa shape index (κ1) is 11.3. The molecule has 0 spiro atoms. The van der Waals surface area contributed by atoms with Crippen LogP contribution in [0.15, 0.2) is 24.7 Å². The third kappa shape index (κ3) is 5.51. The van der Waals surface area contributed by atoms with E-state index in [0.29, 0.717) is 0 Å². The van der Waals surface area contributed by atoms with E-state index >= 15 is 0 Å². The second kappa shape index (κ2) is 6.64. The van der Waals surface area contributed by atoms with E-state index in [1.165, 1.54) is 12.5 Å². The van der Waals surface area contributed by atoms with Gasteiger partial charge in [-0.15, -0.1) is 0 Å². The Labute approximate surface area is 87.3 Å². The maximum absolute atomic E-state index is 11.0. The summed E-state index contributed by atoms with van der Waals surface area (Å²) in [7, 11) is 0. The summed E-state index contributed by atoms with van der Waals surface area (Å²) < 4.78 is 14.4. The molecule has 0 N–H and O–H groups in total. The molecule has 0 atom stereocenters. The van der Waals surface area contributed by atoms with Gasteiger partial charge < -0.3 is 14.2 Å². The predicted octanol–water partition coefficient (Wildman–Crippen LogP) is 0.911. The minimum atomic E-state index is -0.427. The first-order valence-electron chi connectivity index (χ1n) is 4.56. The first-order valence-corrected chi connectivity index (χ1v) is 4.56. The summed E-state index contributed by atoms with van der Waals surface area (Å²) in [5.41, 5.74) is 0. The van der Waals surface area contributed by atoms with E-state index in [0.717, 1.165) is 0 Å². The van der Waals surface area contributed by atoms with E-state index in [4.69, 9.17) is 14.2 Å². The average molecular weight is 212 g/mol. The van der Waals surface area contributed by atoms with Crippen molar-refractivity contribution < 1.29 is 23.8 Å². The van der Waals surface area contributed by atoms with Gasteiger partial charge in [0, 0.05) is 0 Å². The number of hydrogen-bond donors (Lipinski definition) is 0. The Morgan fingerprint density at radius 1 is 0.867 bits per heavy atom. The van der Waals surface area contributed by atoms with Crippen molar-refractivity contribution in [2.75, 3.05) is 13.2 Å². The van der Waals surface area contributed by atoms with Crippen molar-refractivity contribution in [3.8, 4) is 0 Å². The molecule has 5 heteroatoms. The normalized spacial score (nSPS) is 18.9. The van der Waals surface area contributed by atoms with E-state index in [2.05, 4.69) is 0 Å². The third-order valence-corrected chi connectivity index (χ3v) is 1.56. The Morgan fingerprint density at radius 2 is 1.33 bits per heavy atom. The molecule has 0 saturated carbocycles. The van der Waals surface area contributed by atoms with Gasteiger partial charge >= 0.3 is 11.9 Å². The molecule has 0 aromatic heterocycles. The topological polar surface area (TPSA) is 61.8 Å². The summed E-state index contributed by atoms with van der Waals surface area (Å²) in [6, 6.07) is 0. The summed E-state index contributed by atoms with van der Waals surface area (Å²) in [5.74, 6) is -0.854. The molecule has 1 aliphatic heterocycles. The second-order valence-corrected chi connectivity index (χ2v) is 2.75. The molecule has 5 nitrogen and oxygen atoms in total. The summed E-state index contributed by atoms with van der Waals surface area (Å²) >= 11 is 0. The van der Waals surface area contributed by atoms with Crippen molar-refractivity contribution in [3.05, 3.63) is 24.7 Å². The summed E-state index contributed by atoms with van der Waals surface area (Å²) in [5, 5.41) is 0. The largest absolute Gasteiger partial charge is 0.473 e. The Morgan fingerprint density at radius 3 is 1.80 bits per heavy atom. The molecular weight excluding hydrogens is 200 g/mol. The van der Waals surface area contributed by atoms with Crippen molar-refractivity contribution in [2.24, 2.45) is 0 Å². The van der Waals surface area contributed by atoms with Gasteiger partial charge in [0.1, 0.15) is 13.2 Å². The van der Waals surface area contributed by atoms with Crippen molar-refractivity contribution in [1.29, 1.82) is 0 Å². The van der Waals surface area contributed by atoms with Gasteiger partial charge in [0.05, 0.1) is 25.4 Å². The van der Waals surface area contributed by atoms with Crippen LogP contribution in [-0.2, 0) is 23.8 Å². The van der Waals surface area contributed by atoms with Gasteiger partial charge in [0.2, 0.25) is 0 Å². The molecule has 0 aliphatic carbocycles. The van der Waals surface area contributed by atoms with Crippen LogP contribution in [0.5, 0.6) is 0 Å². The summed E-state index contributed by atoms with van der Waals surface area (Å²) in [6.07, 6.45) is 5.98. The molecule has 15 heavy (non-hydrogen) atoms. The lowest BCUT2D eigenvalue weighted by atomic mass is 10.3. The highest BCUT2D eigenvalue weighted by Crippen LogP contribution is 1.97. The van der Waals surface area contributed by atoms with Gasteiger partial charge in [-0.1, -0.05) is 0 Å². The van der Waals surface area contributed by atoms with Crippen LogP contribution in [-0.4, -0.2) is 25.2 Å². The summed E-state index contributed by atoms with van der Waals surface area (Å²) in [4.78, 5) is 22.0. The summed E-state index contributed by atoms with van der Waals surface area (Å²) in [6.45, 7) is 0.281. The number of ether oxygens (including phenoxy) is 3. The van der Waals surface area contributed by atoms with E-state index in [1.807, 2.05) is 0 Å². The molecule has 0 aromatic carbocycles. The SMILES string of the molecule is O=C1CCC(=O)OCC=COC=CCO1. The Kier molecular flexibility index (Phi) is 5.00. The lowest BCUT2D eigenvalue weighted by Gasteiger charge is -2.01.